The van der Waals surface area contributed by atoms with E-state index in [0.717, 1.165) is 12.8 Å². The van der Waals surface area contributed by atoms with Crippen LogP contribution < -0.4 is 0 Å². The standard InChI is InChI=1S/C41H54O10/c1-20-34(47)41(21-5-9-35(20,2)10-6-21)39(49,13-14-42)33-29(51-41)18-40(50)26-17-28(45)32-31-24-15-22(43)16-27(44)23(24)7-12-38(31,48)30(46)19-36(32,3)25(26)8-11-37(33,40)4/h5,9,15-17,20-21,25,29-34,42-44,46-50H,6-8,10-14,18-19H2,1-4H3/t20-,21-,25+,29-,30-,31+,32-,33+,34-,35-,36+,37+,38+,39+,40-,41-/m0/s1. The summed E-state index contributed by atoms with van der Waals surface area (Å²) in [6.07, 6.45) is 6.13. The number of allylic oxidation sites excluding steroid dienone is 2. The number of hydrogen-bond acceptors (Lipinski definition) is 10. The van der Waals surface area contributed by atoms with Crippen LogP contribution in [0.3, 0.4) is 0 Å². The summed E-state index contributed by atoms with van der Waals surface area (Å²) in [7, 11) is 0. The molecule has 10 rings (SSSR count). The number of hydrogen-bond donors (Lipinski definition) is 8. The number of benzene rings is 1. The average Bonchev–Trinajstić information content (AvgIpc) is 3.40. The number of carbonyl (C=O) groups excluding carboxylic acids is 1. The molecule has 5 fully saturated rings. The highest BCUT2D eigenvalue weighted by Gasteiger charge is 2.82. The fourth-order valence-corrected chi connectivity index (χ4v) is 14.4. The van der Waals surface area contributed by atoms with Crippen molar-refractivity contribution in [2.75, 3.05) is 6.61 Å². The Labute approximate surface area is 298 Å². The van der Waals surface area contributed by atoms with E-state index in [9.17, 15) is 45.6 Å². The van der Waals surface area contributed by atoms with E-state index in [1.807, 2.05) is 20.8 Å². The van der Waals surface area contributed by atoms with Crippen LogP contribution in [0.2, 0.25) is 0 Å². The lowest BCUT2D eigenvalue weighted by molar-refractivity contribution is -0.245. The van der Waals surface area contributed by atoms with E-state index in [2.05, 4.69) is 19.1 Å². The molecule has 1 aromatic carbocycles. The SMILES string of the molecule is C[C@H]1[C@H](O)[C@@]2(O[C@H]3C[C@]4(O)C5=CC(=O)[C@H]6[C@H]7c8cc(O)cc(O)c8CC[C@@]7(O)[C@@H](O)C[C@]6(C)[C@@H]5CC[C@]4(C)[C@@H]3[C@]2(O)CCO)[C@H]2C=C[C@@]1(C)CC2. The van der Waals surface area contributed by atoms with Crippen LogP contribution in [0.4, 0.5) is 0 Å². The van der Waals surface area contributed by atoms with E-state index >= 15 is 0 Å². The van der Waals surface area contributed by atoms with Gasteiger partial charge in [-0.2, -0.15) is 0 Å². The van der Waals surface area contributed by atoms with E-state index in [0.29, 0.717) is 29.5 Å². The topological polar surface area (TPSA) is 188 Å². The zero-order chi connectivity index (χ0) is 36.5. The Bertz CT molecular complexity index is 1770. The number of aliphatic hydroxyl groups is 6. The van der Waals surface area contributed by atoms with Crippen molar-refractivity contribution in [3.8, 4) is 11.5 Å². The fraction of sp³-hybridized carbons (Fsp3) is 0.732. The molecule has 1 spiro atoms. The lowest BCUT2D eigenvalue weighted by atomic mass is 9.41. The van der Waals surface area contributed by atoms with E-state index in [1.54, 1.807) is 6.08 Å². The number of fused-ring (bicyclic) bond motifs is 13. The second kappa shape index (κ2) is 10.3. The first kappa shape index (κ1) is 34.5. The second-order valence-corrected chi connectivity index (χ2v) is 18.8. The smallest absolute Gasteiger partial charge is 0.160 e. The normalized spacial score (nSPS) is 54.9. The molecule has 278 valence electrons. The number of phenolic OH excluding ortho intramolecular Hbond substituents is 2. The zero-order valence-corrected chi connectivity index (χ0v) is 30.0. The first-order valence-electron chi connectivity index (χ1n) is 19.2. The van der Waals surface area contributed by atoms with Crippen LogP contribution in [0.5, 0.6) is 11.5 Å². The number of ether oxygens (including phenoxy) is 1. The van der Waals surface area contributed by atoms with Crippen molar-refractivity contribution in [3.63, 3.8) is 0 Å². The van der Waals surface area contributed by atoms with Gasteiger partial charge >= 0.3 is 0 Å². The minimum atomic E-state index is -1.68. The van der Waals surface area contributed by atoms with Crippen LogP contribution in [0.25, 0.3) is 0 Å². The third-order valence-corrected chi connectivity index (χ3v) is 17.1. The number of phenols is 2. The molecule has 1 heterocycles. The number of rotatable bonds is 2. The van der Waals surface area contributed by atoms with Crippen molar-refractivity contribution < 1.29 is 50.4 Å². The van der Waals surface area contributed by atoms with Crippen molar-refractivity contribution >= 4 is 5.78 Å². The lowest BCUT2D eigenvalue weighted by Crippen LogP contribution is -2.70. The van der Waals surface area contributed by atoms with Crippen LogP contribution in [0, 0.1) is 45.8 Å². The maximum atomic E-state index is 14.7. The molecule has 16 atom stereocenters. The quantitative estimate of drug-likeness (QED) is 0.212. The molecule has 0 unspecified atom stereocenters. The van der Waals surface area contributed by atoms with E-state index in [1.165, 1.54) is 12.1 Å². The Morgan fingerprint density at radius 2 is 1.71 bits per heavy atom. The molecule has 8 N–H and O–H groups in total. The molecule has 4 saturated carbocycles. The van der Waals surface area contributed by atoms with Gasteiger partial charge in [0.1, 0.15) is 22.7 Å². The van der Waals surface area contributed by atoms with Gasteiger partial charge in [0, 0.05) is 54.6 Å². The summed E-state index contributed by atoms with van der Waals surface area (Å²) in [6.45, 7) is 7.75. The predicted molar refractivity (Wildman–Crippen MR) is 184 cm³/mol. The number of carbonyl (C=O) groups is 1. The molecule has 0 amide bonds. The van der Waals surface area contributed by atoms with Gasteiger partial charge in [0.25, 0.3) is 0 Å². The zero-order valence-electron chi connectivity index (χ0n) is 30.0. The van der Waals surface area contributed by atoms with Gasteiger partial charge in [-0.15, -0.1) is 0 Å². The number of aliphatic hydroxyl groups excluding tert-OH is 3. The van der Waals surface area contributed by atoms with Gasteiger partial charge in [-0.1, -0.05) is 39.8 Å². The Kier molecular flexibility index (Phi) is 6.93. The van der Waals surface area contributed by atoms with Gasteiger partial charge in [0.2, 0.25) is 0 Å². The number of aromatic hydroxyl groups is 2. The van der Waals surface area contributed by atoms with Gasteiger partial charge < -0.3 is 45.6 Å². The first-order chi connectivity index (χ1) is 23.9. The van der Waals surface area contributed by atoms with E-state index in [-0.39, 0.29) is 79.2 Å². The van der Waals surface area contributed by atoms with Crippen LogP contribution in [-0.2, 0) is 16.0 Å². The summed E-state index contributed by atoms with van der Waals surface area (Å²) in [6, 6.07) is 2.76. The van der Waals surface area contributed by atoms with E-state index < -0.39 is 69.3 Å². The summed E-state index contributed by atoms with van der Waals surface area (Å²) in [5, 5.41) is 94.4. The van der Waals surface area contributed by atoms with Gasteiger partial charge in [-0.3, -0.25) is 4.79 Å². The molecule has 2 bridgehead atoms. The van der Waals surface area contributed by atoms with Crippen molar-refractivity contribution in [2.45, 2.75) is 132 Å². The molecular weight excluding hydrogens is 652 g/mol. The molecule has 9 aliphatic rings. The first-order valence-corrected chi connectivity index (χ1v) is 19.2. The lowest BCUT2D eigenvalue weighted by Gasteiger charge is -2.64. The molecule has 0 aromatic heterocycles. The van der Waals surface area contributed by atoms with E-state index in [4.69, 9.17) is 4.74 Å². The van der Waals surface area contributed by atoms with Gasteiger partial charge in [0.15, 0.2) is 5.78 Å². The molecule has 8 aliphatic carbocycles. The second-order valence-electron chi connectivity index (χ2n) is 18.8. The van der Waals surface area contributed by atoms with Crippen molar-refractivity contribution in [3.05, 3.63) is 47.1 Å². The largest absolute Gasteiger partial charge is 0.508 e. The minimum Gasteiger partial charge on any atom is -0.508 e. The summed E-state index contributed by atoms with van der Waals surface area (Å²) >= 11 is 0. The Hall–Kier alpha value is -2.31. The molecule has 10 nitrogen and oxygen atoms in total. The molecule has 0 radical (unpaired) electrons. The van der Waals surface area contributed by atoms with Crippen LogP contribution in [-0.4, -0.2) is 94.0 Å². The molecule has 10 heteroatoms. The van der Waals surface area contributed by atoms with Crippen LogP contribution >= 0.6 is 0 Å². The summed E-state index contributed by atoms with van der Waals surface area (Å²) in [4.78, 5) is 14.7. The van der Waals surface area contributed by atoms with Crippen molar-refractivity contribution in [1.29, 1.82) is 0 Å². The van der Waals surface area contributed by atoms with Crippen LogP contribution in [0.15, 0.2) is 35.9 Å². The van der Waals surface area contributed by atoms with Gasteiger partial charge in [-0.05, 0) is 96.5 Å². The molecule has 1 aromatic rings. The third kappa shape index (κ3) is 3.76. The highest BCUT2D eigenvalue weighted by Crippen LogP contribution is 2.75. The minimum absolute atomic E-state index is 0.0303. The summed E-state index contributed by atoms with van der Waals surface area (Å²) in [5.41, 5.74) is -6.83. The van der Waals surface area contributed by atoms with Crippen molar-refractivity contribution in [1.82, 2.24) is 0 Å². The van der Waals surface area contributed by atoms with Crippen molar-refractivity contribution in [2.24, 2.45) is 45.8 Å². The summed E-state index contributed by atoms with van der Waals surface area (Å²) < 4.78 is 7.09. The summed E-state index contributed by atoms with van der Waals surface area (Å²) in [5.74, 6) is -3.75. The molecule has 51 heavy (non-hydrogen) atoms. The predicted octanol–water partition coefficient (Wildman–Crippen LogP) is 3.16. The Balaban J connectivity index is 1.16. The molecular formula is C41H54O10. The van der Waals surface area contributed by atoms with Gasteiger partial charge in [0.05, 0.1) is 29.5 Å². The monoisotopic (exact) mass is 706 g/mol. The molecule has 1 aliphatic heterocycles. The molecule has 1 saturated heterocycles. The third-order valence-electron chi connectivity index (χ3n) is 17.1. The highest BCUT2D eigenvalue weighted by atomic mass is 16.6. The Morgan fingerprint density at radius 1 is 0.961 bits per heavy atom. The Morgan fingerprint density at radius 3 is 2.39 bits per heavy atom. The maximum Gasteiger partial charge on any atom is 0.160 e. The van der Waals surface area contributed by atoms with Gasteiger partial charge in [-0.25, -0.2) is 0 Å². The average molecular weight is 707 g/mol. The maximum absolute atomic E-state index is 14.7. The van der Waals surface area contributed by atoms with Crippen LogP contribution in [0.1, 0.15) is 96.1 Å². The fourth-order valence-electron chi connectivity index (χ4n) is 14.4. The number of ketones is 1. The highest BCUT2D eigenvalue weighted by molar-refractivity contribution is 5.96.